The van der Waals surface area contributed by atoms with Crippen LogP contribution in [0.1, 0.15) is 19.8 Å². The highest BCUT2D eigenvalue weighted by atomic mass is 16.5. The number of benzene rings is 2. The Hall–Kier alpha value is -3.78. The number of piperidine rings is 1. The summed E-state index contributed by atoms with van der Waals surface area (Å²) in [5, 5.41) is 17.2. The summed E-state index contributed by atoms with van der Waals surface area (Å²) >= 11 is 0. The Bertz CT molecular complexity index is 1330. The van der Waals surface area contributed by atoms with E-state index < -0.39 is 5.60 Å². The fourth-order valence-corrected chi connectivity index (χ4v) is 4.78. The quantitative estimate of drug-likeness (QED) is 0.422. The third-order valence-electron chi connectivity index (χ3n) is 6.50. The number of hydrogen-bond acceptors (Lipinski definition) is 7. The van der Waals surface area contributed by atoms with Crippen LogP contribution in [0.3, 0.4) is 0 Å². The second-order valence-corrected chi connectivity index (χ2v) is 9.31. The normalized spacial score (nSPS) is 19.9. The van der Waals surface area contributed by atoms with Crippen LogP contribution in [0.4, 0.5) is 22.9 Å². The lowest BCUT2D eigenvalue weighted by Gasteiger charge is -2.38. The molecule has 0 amide bonds. The lowest BCUT2D eigenvalue weighted by atomic mass is 9.95. The van der Waals surface area contributed by atoms with Gasteiger partial charge in [0.25, 0.3) is 0 Å². The molecule has 2 aliphatic rings. The number of ether oxygens (including phenoxy) is 1. The van der Waals surface area contributed by atoms with Gasteiger partial charge >= 0.3 is 0 Å². The average Bonchev–Trinajstić information content (AvgIpc) is 3.33. The van der Waals surface area contributed by atoms with Crippen LogP contribution < -0.4 is 20.3 Å². The summed E-state index contributed by atoms with van der Waals surface area (Å²) in [7, 11) is 0. The molecule has 2 aromatic heterocycles. The SMILES string of the molecule is C[C@@]1(O)CCCN(c2ccc(Nc3nc(-c4ccc5c(c4)OCCN5)cn4ccnc34)cc2)C1. The molecule has 0 unspecified atom stereocenters. The standard InChI is InChI=1S/C26H28N6O2/c1-26(33)9-2-12-32(17-26)20-6-4-19(5-7-20)29-24-25-28-10-13-31(25)16-22(30-24)18-3-8-21-23(15-18)34-14-11-27-21/h3-8,10,13,15-16,27,33H,2,9,11-12,14,17H2,1H3,(H,29,30)/t26-/m1/s1. The predicted octanol–water partition coefficient (Wildman–Crippen LogP) is 4.30. The van der Waals surface area contributed by atoms with Crippen molar-refractivity contribution in [1.29, 1.82) is 0 Å². The zero-order chi connectivity index (χ0) is 23.1. The summed E-state index contributed by atoms with van der Waals surface area (Å²) in [4.78, 5) is 11.6. The van der Waals surface area contributed by atoms with Crippen molar-refractivity contribution in [2.45, 2.75) is 25.4 Å². The molecular weight excluding hydrogens is 428 g/mol. The number of aromatic nitrogens is 3. The second-order valence-electron chi connectivity index (χ2n) is 9.31. The van der Waals surface area contributed by atoms with Crippen molar-refractivity contribution in [3.8, 4) is 17.0 Å². The van der Waals surface area contributed by atoms with Gasteiger partial charge in [0, 0.05) is 55.2 Å². The smallest absolute Gasteiger partial charge is 0.180 e. The van der Waals surface area contributed by atoms with Crippen molar-refractivity contribution in [2.75, 3.05) is 41.8 Å². The zero-order valence-electron chi connectivity index (χ0n) is 19.2. The van der Waals surface area contributed by atoms with E-state index in [0.717, 1.165) is 65.6 Å². The first-order valence-corrected chi connectivity index (χ1v) is 11.7. The van der Waals surface area contributed by atoms with Gasteiger partial charge in [0.1, 0.15) is 12.4 Å². The monoisotopic (exact) mass is 456 g/mol. The molecule has 1 atom stereocenters. The first-order valence-electron chi connectivity index (χ1n) is 11.7. The fourth-order valence-electron chi connectivity index (χ4n) is 4.78. The van der Waals surface area contributed by atoms with Crippen LogP contribution in [0.2, 0.25) is 0 Å². The summed E-state index contributed by atoms with van der Waals surface area (Å²) in [6, 6.07) is 14.4. The van der Waals surface area contributed by atoms with E-state index in [9.17, 15) is 5.11 Å². The maximum absolute atomic E-state index is 10.4. The maximum Gasteiger partial charge on any atom is 0.180 e. The molecule has 0 bridgehead atoms. The third kappa shape index (κ3) is 4.01. The van der Waals surface area contributed by atoms with Crippen molar-refractivity contribution >= 4 is 28.5 Å². The van der Waals surface area contributed by atoms with Crippen LogP contribution in [-0.4, -0.2) is 51.3 Å². The molecule has 0 saturated carbocycles. The Balaban J connectivity index is 1.29. The molecule has 8 heteroatoms. The number of fused-ring (bicyclic) bond motifs is 2. The Labute approximate surface area is 198 Å². The molecule has 0 radical (unpaired) electrons. The highest BCUT2D eigenvalue weighted by molar-refractivity contribution is 5.76. The van der Waals surface area contributed by atoms with E-state index >= 15 is 0 Å². The van der Waals surface area contributed by atoms with Gasteiger partial charge in [-0.2, -0.15) is 0 Å². The van der Waals surface area contributed by atoms with E-state index in [-0.39, 0.29) is 0 Å². The number of anilines is 4. The molecular formula is C26H28N6O2. The van der Waals surface area contributed by atoms with Gasteiger partial charge in [-0.15, -0.1) is 0 Å². The number of β-amino-alcohol motifs (C(OH)–C–C–N with tert-alkyl or cyclic N) is 1. The van der Waals surface area contributed by atoms with Gasteiger partial charge in [-0.05, 0) is 56.2 Å². The molecule has 0 spiro atoms. The summed E-state index contributed by atoms with van der Waals surface area (Å²) < 4.78 is 7.79. The van der Waals surface area contributed by atoms with Crippen molar-refractivity contribution in [1.82, 2.24) is 14.4 Å². The molecule has 8 nitrogen and oxygen atoms in total. The topological polar surface area (TPSA) is 87.0 Å². The molecule has 2 aliphatic heterocycles. The molecule has 1 fully saturated rings. The lowest BCUT2D eigenvalue weighted by molar-refractivity contribution is 0.0449. The van der Waals surface area contributed by atoms with Crippen molar-refractivity contribution in [2.24, 2.45) is 0 Å². The van der Waals surface area contributed by atoms with Gasteiger partial charge < -0.3 is 29.8 Å². The summed E-state index contributed by atoms with van der Waals surface area (Å²) in [5.74, 6) is 1.53. The molecule has 6 rings (SSSR count). The Morgan fingerprint density at radius 3 is 2.91 bits per heavy atom. The van der Waals surface area contributed by atoms with Gasteiger partial charge in [0.05, 0.1) is 17.0 Å². The van der Waals surface area contributed by atoms with E-state index in [1.807, 2.05) is 48.0 Å². The van der Waals surface area contributed by atoms with E-state index in [0.29, 0.717) is 19.0 Å². The van der Waals surface area contributed by atoms with Gasteiger partial charge in [-0.1, -0.05) is 6.07 Å². The summed E-state index contributed by atoms with van der Waals surface area (Å²) in [6.07, 6.45) is 7.52. The molecule has 2 aromatic carbocycles. The molecule has 34 heavy (non-hydrogen) atoms. The van der Waals surface area contributed by atoms with Crippen molar-refractivity contribution in [3.05, 3.63) is 61.1 Å². The van der Waals surface area contributed by atoms with Crippen LogP contribution in [0.5, 0.6) is 5.75 Å². The number of rotatable bonds is 4. The van der Waals surface area contributed by atoms with Gasteiger partial charge in [-0.3, -0.25) is 0 Å². The number of nitrogens with zero attached hydrogens (tertiary/aromatic N) is 4. The molecule has 4 aromatic rings. The van der Waals surface area contributed by atoms with Crippen LogP contribution in [-0.2, 0) is 0 Å². The summed E-state index contributed by atoms with van der Waals surface area (Å²) in [6.45, 7) is 4.99. The largest absolute Gasteiger partial charge is 0.490 e. The minimum Gasteiger partial charge on any atom is -0.490 e. The lowest BCUT2D eigenvalue weighted by Crippen LogP contribution is -2.46. The Morgan fingerprint density at radius 2 is 2.06 bits per heavy atom. The van der Waals surface area contributed by atoms with Crippen LogP contribution in [0.15, 0.2) is 61.1 Å². The first kappa shape index (κ1) is 20.8. The van der Waals surface area contributed by atoms with Crippen molar-refractivity contribution in [3.63, 3.8) is 0 Å². The van der Waals surface area contributed by atoms with Gasteiger partial charge in [0.15, 0.2) is 11.5 Å². The van der Waals surface area contributed by atoms with E-state index in [1.165, 1.54) is 0 Å². The number of hydrogen-bond donors (Lipinski definition) is 3. The fraction of sp³-hybridized carbons (Fsp3) is 0.308. The van der Waals surface area contributed by atoms with Crippen molar-refractivity contribution < 1.29 is 9.84 Å². The highest BCUT2D eigenvalue weighted by Crippen LogP contribution is 2.33. The highest BCUT2D eigenvalue weighted by Gasteiger charge is 2.28. The van der Waals surface area contributed by atoms with E-state index in [4.69, 9.17) is 9.72 Å². The predicted molar refractivity (Wildman–Crippen MR) is 134 cm³/mol. The van der Waals surface area contributed by atoms with Gasteiger partial charge in [-0.25, -0.2) is 9.97 Å². The van der Waals surface area contributed by atoms with E-state index in [2.05, 4.69) is 38.7 Å². The van der Waals surface area contributed by atoms with Crippen LogP contribution in [0, 0.1) is 0 Å². The Kier molecular flexibility index (Phi) is 5.03. The number of aliphatic hydroxyl groups is 1. The average molecular weight is 457 g/mol. The second kappa shape index (κ2) is 8.22. The third-order valence-corrected chi connectivity index (χ3v) is 6.50. The molecule has 4 heterocycles. The summed E-state index contributed by atoms with van der Waals surface area (Å²) in [5.41, 5.74) is 4.98. The van der Waals surface area contributed by atoms with Crippen LogP contribution >= 0.6 is 0 Å². The molecule has 3 N–H and O–H groups in total. The zero-order valence-corrected chi connectivity index (χ0v) is 19.2. The first-order chi connectivity index (χ1) is 16.5. The minimum atomic E-state index is -0.635. The Morgan fingerprint density at radius 1 is 1.18 bits per heavy atom. The maximum atomic E-state index is 10.4. The molecule has 0 aliphatic carbocycles. The number of nitrogens with one attached hydrogen (secondary N) is 2. The minimum absolute atomic E-state index is 0.635. The number of imidazole rings is 1. The van der Waals surface area contributed by atoms with Crippen LogP contribution in [0.25, 0.3) is 16.9 Å². The van der Waals surface area contributed by atoms with E-state index in [1.54, 1.807) is 6.20 Å². The molecule has 1 saturated heterocycles. The molecule has 174 valence electrons. The van der Waals surface area contributed by atoms with Gasteiger partial charge in [0.2, 0.25) is 0 Å².